The van der Waals surface area contributed by atoms with Crippen molar-refractivity contribution in [2.45, 2.75) is 32.1 Å². The molecule has 1 saturated heterocycles. The maximum absolute atomic E-state index is 12.6. The molecule has 1 aromatic heterocycles. The highest BCUT2D eigenvalue weighted by Crippen LogP contribution is 2.24. The Hall–Kier alpha value is -2.40. The molecule has 1 aliphatic heterocycles. The van der Waals surface area contributed by atoms with Crippen LogP contribution in [0.25, 0.3) is 5.69 Å². The summed E-state index contributed by atoms with van der Waals surface area (Å²) in [5.74, 6) is 1.08. The highest BCUT2D eigenvalue weighted by atomic mass is 16.1. The average Bonchev–Trinajstić information content (AvgIpc) is 3.25. The number of piperidine rings is 1. The first-order chi connectivity index (χ1) is 13.3. The van der Waals surface area contributed by atoms with E-state index in [0.29, 0.717) is 0 Å². The summed E-state index contributed by atoms with van der Waals surface area (Å²) in [5, 5.41) is 7.30. The quantitative estimate of drug-likeness (QED) is 0.819. The Balaban J connectivity index is 1.25. The minimum absolute atomic E-state index is 0.123. The van der Waals surface area contributed by atoms with Gasteiger partial charge in [0.25, 0.3) is 0 Å². The van der Waals surface area contributed by atoms with Gasteiger partial charge >= 0.3 is 0 Å². The van der Waals surface area contributed by atoms with Crippen molar-refractivity contribution in [2.75, 3.05) is 25.0 Å². The van der Waals surface area contributed by atoms with Crippen molar-refractivity contribution in [3.05, 3.63) is 54.9 Å². The van der Waals surface area contributed by atoms with E-state index in [1.807, 2.05) is 41.2 Å². The molecule has 27 heavy (non-hydrogen) atoms. The number of likely N-dealkylation sites (tertiary alicyclic amines) is 1. The predicted octanol–water partition coefficient (Wildman–Crippen LogP) is 3.88. The maximum atomic E-state index is 12.6. The summed E-state index contributed by atoms with van der Waals surface area (Å²) >= 11 is 0. The average molecular weight is 364 g/mol. The molecular formula is C22H28N4O. The van der Waals surface area contributed by atoms with E-state index < -0.39 is 0 Å². The van der Waals surface area contributed by atoms with E-state index in [1.54, 1.807) is 6.20 Å². The molecule has 0 radical (unpaired) electrons. The third-order valence-corrected chi connectivity index (χ3v) is 5.76. The number of nitrogens with one attached hydrogen (secondary N) is 1. The van der Waals surface area contributed by atoms with Crippen molar-refractivity contribution in [1.82, 2.24) is 14.7 Å². The standard InChI is InChI=1S/C22H28N4O/c27-22(24-20-7-9-21(10-8-20)26-14-4-13-23-26)19-11-15-25(16-12-19)17-18-5-2-1-3-6-18/h1-2,4,7-10,13-14,18-19H,3,5-6,11-12,15-17H2,(H,24,27). The minimum Gasteiger partial charge on any atom is -0.326 e. The molecule has 1 aliphatic carbocycles. The zero-order valence-electron chi connectivity index (χ0n) is 15.8. The van der Waals surface area contributed by atoms with Crippen LogP contribution in [0.2, 0.25) is 0 Å². The van der Waals surface area contributed by atoms with Crippen molar-refractivity contribution in [3.8, 4) is 5.69 Å². The van der Waals surface area contributed by atoms with Crippen LogP contribution in [-0.4, -0.2) is 40.2 Å². The lowest BCUT2D eigenvalue weighted by Crippen LogP contribution is -2.40. The highest BCUT2D eigenvalue weighted by Gasteiger charge is 2.26. The Morgan fingerprint density at radius 2 is 1.93 bits per heavy atom. The van der Waals surface area contributed by atoms with Gasteiger partial charge in [0.05, 0.1) is 5.69 Å². The Labute approximate surface area is 161 Å². The van der Waals surface area contributed by atoms with Gasteiger partial charge < -0.3 is 10.2 Å². The second kappa shape index (κ2) is 8.53. The number of aromatic nitrogens is 2. The van der Waals surface area contributed by atoms with Crippen molar-refractivity contribution >= 4 is 11.6 Å². The lowest BCUT2D eigenvalue weighted by molar-refractivity contribution is -0.121. The second-order valence-corrected chi connectivity index (χ2v) is 7.71. The molecule has 2 aliphatic rings. The molecular weight excluding hydrogens is 336 g/mol. The third kappa shape index (κ3) is 4.66. The fourth-order valence-electron chi connectivity index (χ4n) is 4.13. The predicted molar refractivity (Wildman–Crippen MR) is 108 cm³/mol. The molecule has 2 aromatic rings. The molecule has 2 heterocycles. The number of hydrogen-bond acceptors (Lipinski definition) is 3. The van der Waals surface area contributed by atoms with E-state index in [1.165, 1.54) is 25.8 Å². The number of carbonyl (C=O) groups excluding carboxylic acids is 1. The Morgan fingerprint density at radius 3 is 2.59 bits per heavy atom. The number of hydrogen-bond donors (Lipinski definition) is 1. The van der Waals surface area contributed by atoms with Crippen molar-refractivity contribution in [2.24, 2.45) is 11.8 Å². The monoisotopic (exact) mass is 364 g/mol. The first-order valence-electron chi connectivity index (χ1n) is 10.1. The Kier molecular flexibility index (Phi) is 5.68. The second-order valence-electron chi connectivity index (χ2n) is 7.71. The van der Waals surface area contributed by atoms with Crippen LogP contribution in [-0.2, 0) is 4.79 Å². The first-order valence-corrected chi connectivity index (χ1v) is 10.1. The van der Waals surface area contributed by atoms with Crippen LogP contribution in [0, 0.1) is 11.8 Å². The van der Waals surface area contributed by atoms with E-state index >= 15 is 0 Å². The molecule has 5 heteroatoms. The van der Waals surface area contributed by atoms with Gasteiger partial charge in [0.1, 0.15) is 0 Å². The number of allylic oxidation sites excluding steroid dienone is 2. The molecule has 1 amide bonds. The summed E-state index contributed by atoms with van der Waals surface area (Å²) in [4.78, 5) is 15.2. The normalized spacial score (nSPS) is 21.3. The van der Waals surface area contributed by atoms with Crippen LogP contribution in [0.4, 0.5) is 5.69 Å². The van der Waals surface area contributed by atoms with E-state index in [0.717, 1.165) is 43.2 Å². The lowest BCUT2D eigenvalue weighted by Gasteiger charge is -2.34. The number of anilines is 1. The maximum Gasteiger partial charge on any atom is 0.227 e. The summed E-state index contributed by atoms with van der Waals surface area (Å²) in [6.45, 7) is 3.26. The van der Waals surface area contributed by atoms with Gasteiger partial charge in [-0.05, 0) is 81.4 Å². The van der Waals surface area contributed by atoms with Gasteiger partial charge in [-0.3, -0.25) is 4.79 Å². The topological polar surface area (TPSA) is 50.2 Å². The van der Waals surface area contributed by atoms with Crippen LogP contribution >= 0.6 is 0 Å². The van der Waals surface area contributed by atoms with Gasteiger partial charge in [-0.25, -0.2) is 4.68 Å². The van der Waals surface area contributed by atoms with Crippen LogP contribution in [0.1, 0.15) is 32.1 Å². The van der Waals surface area contributed by atoms with Crippen molar-refractivity contribution in [3.63, 3.8) is 0 Å². The molecule has 1 unspecified atom stereocenters. The fourth-order valence-corrected chi connectivity index (χ4v) is 4.13. The van der Waals surface area contributed by atoms with Crippen molar-refractivity contribution in [1.29, 1.82) is 0 Å². The van der Waals surface area contributed by atoms with E-state index in [2.05, 4.69) is 27.5 Å². The van der Waals surface area contributed by atoms with Gasteiger partial charge in [0, 0.05) is 30.5 Å². The van der Waals surface area contributed by atoms with E-state index in [-0.39, 0.29) is 11.8 Å². The number of benzene rings is 1. The zero-order valence-corrected chi connectivity index (χ0v) is 15.8. The highest BCUT2D eigenvalue weighted by molar-refractivity contribution is 5.92. The molecule has 0 saturated carbocycles. The zero-order chi connectivity index (χ0) is 18.5. The molecule has 1 atom stereocenters. The lowest BCUT2D eigenvalue weighted by atomic mass is 9.91. The Bertz CT molecular complexity index is 758. The van der Waals surface area contributed by atoms with Crippen LogP contribution < -0.4 is 5.32 Å². The molecule has 1 fully saturated rings. The van der Waals surface area contributed by atoms with E-state index in [9.17, 15) is 4.79 Å². The molecule has 4 rings (SSSR count). The molecule has 1 N–H and O–H groups in total. The number of nitrogens with zero attached hydrogens (tertiary/aromatic N) is 3. The van der Waals surface area contributed by atoms with Gasteiger partial charge in [-0.2, -0.15) is 5.10 Å². The van der Waals surface area contributed by atoms with E-state index in [4.69, 9.17) is 0 Å². The number of carbonyl (C=O) groups is 1. The SMILES string of the molecule is O=C(Nc1ccc(-n2cccn2)cc1)C1CCN(CC2CC=CCC2)CC1. The molecule has 1 aromatic carbocycles. The van der Waals surface area contributed by atoms with Gasteiger partial charge in [-0.1, -0.05) is 12.2 Å². The largest absolute Gasteiger partial charge is 0.326 e. The van der Waals surface area contributed by atoms with Crippen LogP contribution in [0.15, 0.2) is 54.9 Å². The smallest absolute Gasteiger partial charge is 0.227 e. The van der Waals surface area contributed by atoms with Crippen molar-refractivity contribution < 1.29 is 4.79 Å². The Morgan fingerprint density at radius 1 is 1.11 bits per heavy atom. The van der Waals surface area contributed by atoms with Gasteiger partial charge in [0.2, 0.25) is 5.91 Å². The fraction of sp³-hybridized carbons (Fsp3) is 0.455. The summed E-state index contributed by atoms with van der Waals surface area (Å²) < 4.78 is 1.81. The summed E-state index contributed by atoms with van der Waals surface area (Å²) in [7, 11) is 0. The first kappa shape index (κ1) is 18.0. The van der Waals surface area contributed by atoms with Crippen LogP contribution in [0.3, 0.4) is 0 Å². The van der Waals surface area contributed by atoms with Crippen LogP contribution in [0.5, 0.6) is 0 Å². The molecule has 0 bridgehead atoms. The molecule has 5 nitrogen and oxygen atoms in total. The number of amides is 1. The minimum atomic E-state index is 0.123. The molecule has 0 spiro atoms. The summed E-state index contributed by atoms with van der Waals surface area (Å²) in [6.07, 6.45) is 14.0. The van der Waals surface area contributed by atoms with Gasteiger partial charge in [0.15, 0.2) is 0 Å². The number of rotatable bonds is 5. The summed E-state index contributed by atoms with van der Waals surface area (Å²) in [6, 6.07) is 9.74. The summed E-state index contributed by atoms with van der Waals surface area (Å²) in [5.41, 5.74) is 1.84. The molecule has 142 valence electrons. The van der Waals surface area contributed by atoms with Gasteiger partial charge in [-0.15, -0.1) is 0 Å². The third-order valence-electron chi connectivity index (χ3n) is 5.76.